The van der Waals surface area contributed by atoms with Gasteiger partial charge in [-0.1, -0.05) is 11.3 Å². The molecule has 172 valence electrons. The van der Waals surface area contributed by atoms with E-state index in [9.17, 15) is 13.6 Å². The lowest BCUT2D eigenvalue weighted by molar-refractivity contribution is 0.0985. The molecule has 4 aromatic rings. The van der Waals surface area contributed by atoms with Crippen LogP contribution >= 0.6 is 11.3 Å². The van der Waals surface area contributed by atoms with Crippen molar-refractivity contribution < 1.29 is 23.0 Å². The molecule has 0 bridgehead atoms. The highest BCUT2D eigenvalue weighted by atomic mass is 32.1. The lowest BCUT2D eigenvalue weighted by atomic mass is 10.1. The summed E-state index contributed by atoms with van der Waals surface area (Å²) in [6.07, 6.45) is 0. The highest BCUT2D eigenvalue weighted by Gasteiger charge is 2.24. The quantitative estimate of drug-likeness (QED) is 0.388. The molecule has 0 fully saturated rings. The van der Waals surface area contributed by atoms with Crippen LogP contribution in [-0.2, 0) is 6.54 Å². The van der Waals surface area contributed by atoms with Crippen molar-refractivity contribution in [3.63, 3.8) is 0 Å². The largest absolute Gasteiger partial charge is 0.497 e. The first kappa shape index (κ1) is 22.7. The number of ether oxygens (including phenoxy) is 2. The van der Waals surface area contributed by atoms with Crippen molar-refractivity contribution in [3.8, 4) is 11.5 Å². The van der Waals surface area contributed by atoms with Gasteiger partial charge in [0, 0.05) is 29.9 Å². The zero-order valence-corrected chi connectivity index (χ0v) is 19.4. The Hall–Kier alpha value is -3.53. The molecule has 2 aromatic carbocycles. The van der Waals surface area contributed by atoms with Crippen LogP contribution in [0.25, 0.3) is 10.2 Å². The topological polar surface area (TPSA) is 69.5 Å². The molecule has 4 rings (SSSR count). The maximum absolute atomic E-state index is 14.3. The molecule has 2 aromatic heterocycles. The maximum Gasteiger partial charge on any atom is 0.260 e. The Bertz CT molecular complexity index is 1310. The number of fused-ring (bicyclic) bond motifs is 1. The number of benzene rings is 2. The minimum Gasteiger partial charge on any atom is -0.497 e. The Balaban J connectivity index is 1.76. The second kappa shape index (κ2) is 9.14. The number of methoxy groups -OCH3 is 2. The number of carbonyl (C=O) groups is 1. The summed E-state index contributed by atoms with van der Waals surface area (Å²) in [6.45, 7) is 4.41. The number of nitrogens with zero attached hydrogens (tertiary/aromatic N) is 4. The molecule has 0 saturated carbocycles. The van der Waals surface area contributed by atoms with E-state index in [0.29, 0.717) is 28.3 Å². The Morgan fingerprint density at radius 1 is 1.06 bits per heavy atom. The molecule has 1 amide bonds. The van der Waals surface area contributed by atoms with E-state index in [1.807, 2.05) is 19.9 Å². The molecular weight excluding hydrogens is 450 g/mol. The van der Waals surface area contributed by atoms with E-state index in [2.05, 4.69) is 10.1 Å². The predicted molar refractivity (Wildman–Crippen MR) is 122 cm³/mol. The maximum atomic E-state index is 14.3. The molecule has 0 radical (unpaired) electrons. The minimum absolute atomic E-state index is 0.0172. The molecule has 2 heterocycles. The van der Waals surface area contributed by atoms with Gasteiger partial charge in [0.25, 0.3) is 5.91 Å². The summed E-state index contributed by atoms with van der Waals surface area (Å²) >= 11 is 1.04. The summed E-state index contributed by atoms with van der Waals surface area (Å²) in [4.78, 5) is 19.4. The first-order valence-electron chi connectivity index (χ1n) is 10.1. The van der Waals surface area contributed by atoms with Gasteiger partial charge in [0.05, 0.1) is 31.2 Å². The van der Waals surface area contributed by atoms with E-state index in [4.69, 9.17) is 9.47 Å². The number of halogens is 2. The second-order valence-electron chi connectivity index (χ2n) is 7.44. The van der Waals surface area contributed by atoms with Crippen LogP contribution in [0.3, 0.4) is 0 Å². The van der Waals surface area contributed by atoms with Crippen LogP contribution in [0.4, 0.5) is 13.9 Å². The number of anilines is 1. The van der Waals surface area contributed by atoms with Gasteiger partial charge in [0.1, 0.15) is 22.8 Å². The molecule has 0 aliphatic rings. The first-order valence-corrected chi connectivity index (χ1v) is 10.9. The number of carbonyl (C=O) groups excluding carboxylic acids is 1. The molecule has 0 unspecified atom stereocenters. The molecule has 0 spiro atoms. The number of rotatable bonds is 7. The van der Waals surface area contributed by atoms with E-state index in [-0.39, 0.29) is 23.1 Å². The van der Waals surface area contributed by atoms with Crippen molar-refractivity contribution in [1.29, 1.82) is 0 Å². The van der Waals surface area contributed by atoms with Crippen molar-refractivity contribution in [3.05, 3.63) is 65.0 Å². The van der Waals surface area contributed by atoms with Gasteiger partial charge < -0.3 is 9.47 Å². The van der Waals surface area contributed by atoms with Gasteiger partial charge in [-0.15, -0.1) is 0 Å². The van der Waals surface area contributed by atoms with Gasteiger partial charge in [0.15, 0.2) is 10.9 Å². The minimum atomic E-state index is -0.776. The Labute approximate surface area is 193 Å². The van der Waals surface area contributed by atoms with Gasteiger partial charge in [0.2, 0.25) is 0 Å². The van der Waals surface area contributed by atoms with E-state index in [1.165, 1.54) is 25.2 Å². The Morgan fingerprint density at radius 2 is 1.76 bits per heavy atom. The number of aryl methyl sites for hydroxylation is 2. The average Bonchev–Trinajstić information content (AvgIpc) is 3.35. The fourth-order valence-corrected chi connectivity index (χ4v) is 4.56. The van der Waals surface area contributed by atoms with Crippen molar-refractivity contribution in [1.82, 2.24) is 14.8 Å². The fourth-order valence-electron chi connectivity index (χ4n) is 3.53. The Morgan fingerprint density at radius 3 is 2.36 bits per heavy atom. The van der Waals surface area contributed by atoms with Crippen molar-refractivity contribution in [2.24, 2.45) is 0 Å². The third-order valence-corrected chi connectivity index (χ3v) is 6.14. The number of hydrogen-bond acceptors (Lipinski definition) is 6. The average molecular weight is 473 g/mol. The standard InChI is InChI=1S/C23H22F2N4O3S/c1-13-7-14(2)29(27-13)6-5-28(22(30)15-8-17(31-3)12-18(9-15)32-4)23-26-21-19(25)10-16(24)11-20(21)33-23/h7-12H,5-6H2,1-4H3. The number of aromatic nitrogens is 3. The van der Waals surface area contributed by atoms with Gasteiger partial charge in [-0.2, -0.15) is 5.10 Å². The lowest BCUT2D eigenvalue weighted by Gasteiger charge is -2.21. The van der Waals surface area contributed by atoms with Crippen LogP contribution < -0.4 is 14.4 Å². The van der Waals surface area contributed by atoms with Crippen LogP contribution in [0.15, 0.2) is 36.4 Å². The normalized spacial score (nSPS) is 11.1. The molecular formula is C23H22F2N4O3S. The molecule has 0 saturated heterocycles. The summed E-state index contributed by atoms with van der Waals surface area (Å²) < 4.78 is 40.7. The third-order valence-electron chi connectivity index (χ3n) is 5.12. The lowest BCUT2D eigenvalue weighted by Crippen LogP contribution is -2.34. The third kappa shape index (κ3) is 4.65. The van der Waals surface area contributed by atoms with Gasteiger partial charge in [-0.3, -0.25) is 14.4 Å². The fraction of sp³-hybridized carbons (Fsp3) is 0.261. The summed E-state index contributed by atoms with van der Waals surface area (Å²) in [5.74, 6) is -0.953. The van der Waals surface area contributed by atoms with E-state index in [0.717, 1.165) is 28.8 Å². The number of thiazole rings is 1. The number of amides is 1. The highest BCUT2D eigenvalue weighted by Crippen LogP contribution is 2.33. The van der Waals surface area contributed by atoms with Gasteiger partial charge in [-0.05, 0) is 38.1 Å². The summed E-state index contributed by atoms with van der Waals surface area (Å²) in [6, 6.07) is 8.77. The van der Waals surface area contributed by atoms with E-state index >= 15 is 0 Å². The summed E-state index contributed by atoms with van der Waals surface area (Å²) in [7, 11) is 2.99. The smallest absolute Gasteiger partial charge is 0.260 e. The number of hydrogen-bond donors (Lipinski definition) is 0. The molecule has 0 aliphatic carbocycles. The van der Waals surface area contributed by atoms with Crippen LogP contribution in [0.2, 0.25) is 0 Å². The SMILES string of the molecule is COc1cc(OC)cc(C(=O)N(CCn2nc(C)cc2C)c2nc3c(F)cc(F)cc3s2)c1. The summed E-state index contributed by atoms with van der Waals surface area (Å²) in [5.41, 5.74) is 2.13. The molecule has 0 aliphatic heterocycles. The molecule has 0 N–H and O–H groups in total. The van der Waals surface area contributed by atoms with Crippen LogP contribution in [0, 0.1) is 25.5 Å². The van der Waals surface area contributed by atoms with Crippen molar-refractivity contribution in [2.45, 2.75) is 20.4 Å². The van der Waals surface area contributed by atoms with Crippen LogP contribution in [0.1, 0.15) is 21.7 Å². The van der Waals surface area contributed by atoms with Crippen LogP contribution in [0.5, 0.6) is 11.5 Å². The zero-order chi connectivity index (χ0) is 23.7. The van der Waals surface area contributed by atoms with Crippen molar-refractivity contribution >= 4 is 32.6 Å². The second-order valence-corrected chi connectivity index (χ2v) is 8.45. The molecule has 10 heteroatoms. The molecule has 7 nitrogen and oxygen atoms in total. The van der Waals surface area contributed by atoms with Gasteiger partial charge >= 0.3 is 0 Å². The highest BCUT2D eigenvalue weighted by molar-refractivity contribution is 7.22. The monoisotopic (exact) mass is 472 g/mol. The Kier molecular flexibility index (Phi) is 6.28. The molecule has 33 heavy (non-hydrogen) atoms. The predicted octanol–water partition coefficient (Wildman–Crippen LogP) is 4.75. The van der Waals surface area contributed by atoms with E-state index < -0.39 is 11.6 Å². The zero-order valence-electron chi connectivity index (χ0n) is 18.6. The van der Waals surface area contributed by atoms with Gasteiger partial charge in [-0.25, -0.2) is 13.8 Å². The van der Waals surface area contributed by atoms with Crippen molar-refractivity contribution in [2.75, 3.05) is 25.7 Å². The molecule has 0 atom stereocenters. The first-order chi connectivity index (χ1) is 15.8. The summed E-state index contributed by atoms with van der Waals surface area (Å²) in [5, 5.41) is 4.70. The van der Waals surface area contributed by atoms with E-state index in [1.54, 1.807) is 22.9 Å². The van der Waals surface area contributed by atoms with Crippen LogP contribution in [-0.4, -0.2) is 41.4 Å².